The molecule has 2 rings (SSSR count). The first kappa shape index (κ1) is 12.7. The van der Waals surface area contributed by atoms with Crippen molar-refractivity contribution in [3.05, 3.63) is 0 Å². The Morgan fingerprint density at radius 3 is 2.65 bits per heavy atom. The molecular weight excluding hydrogens is 218 g/mol. The quantitative estimate of drug-likeness (QED) is 0.697. The number of epoxide rings is 1. The molecule has 3 atom stereocenters. The van der Waals surface area contributed by atoms with Crippen LogP contribution in [0.25, 0.3) is 0 Å². The summed E-state index contributed by atoms with van der Waals surface area (Å²) in [6.07, 6.45) is 4.18. The number of nitrogens with zero attached hydrogens (tertiary/aromatic N) is 1. The Bertz CT molecular complexity index is 298. The second kappa shape index (κ2) is 4.48. The van der Waals surface area contributed by atoms with Gasteiger partial charge in [-0.15, -0.1) is 0 Å². The van der Waals surface area contributed by atoms with Gasteiger partial charge < -0.3 is 14.4 Å². The topological polar surface area (TPSA) is 42.1 Å². The number of ether oxygens (including phenoxy) is 2. The van der Waals surface area contributed by atoms with Crippen LogP contribution in [0.3, 0.4) is 0 Å². The highest BCUT2D eigenvalue weighted by Crippen LogP contribution is 2.39. The van der Waals surface area contributed by atoms with Crippen molar-refractivity contribution in [1.82, 2.24) is 4.90 Å². The third-order valence-corrected chi connectivity index (χ3v) is 3.35. The highest BCUT2D eigenvalue weighted by molar-refractivity contribution is 5.67. The fraction of sp³-hybridized carbons (Fsp3) is 0.923. The number of rotatable bonds is 2. The zero-order valence-electron chi connectivity index (χ0n) is 11.2. The van der Waals surface area contributed by atoms with Crippen molar-refractivity contribution < 1.29 is 14.3 Å². The average Bonchev–Trinajstić information content (AvgIpc) is 2.92. The average molecular weight is 241 g/mol. The molecule has 2 fully saturated rings. The monoisotopic (exact) mass is 241 g/mol. The molecule has 0 spiro atoms. The summed E-state index contributed by atoms with van der Waals surface area (Å²) in [4.78, 5) is 13.5. The number of carbonyl (C=O) groups is 1. The van der Waals surface area contributed by atoms with E-state index in [1.807, 2.05) is 27.8 Å². The molecule has 17 heavy (non-hydrogen) atoms. The zero-order chi connectivity index (χ0) is 12.6. The third kappa shape index (κ3) is 3.60. The van der Waals surface area contributed by atoms with E-state index in [0.717, 1.165) is 25.8 Å². The van der Waals surface area contributed by atoms with E-state index in [0.29, 0.717) is 18.1 Å². The van der Waals surface area contributed by atoms with E-state index < -0.39 is 5.60 Å². The summed E-state index contributed by atoms with van der Waals surface area (Å²) in [5, 5.41) is 0. The van der Waals surface area contributed by atoms with Crippen LogP contribution in [0.1, 0.15) is 40.0 Å². The van der Waals surface area contributed by atoms with Crippen molar-refractivity contribution in [2.24, 2.45) is 5.92 Å². The van der Waals surface area contributed by atoms with Gasteiger partial charge in [-0.2, -0.15) is 0 Å². The Morgan fingerprint density at radius 1 is 1.35 bits per heavy atom. The lowest BCUT2D eigenvalue weighted by molar-refractivity contribution is 0.0264. The molecule has 1 aliphatic carbocycles. The van der Waals surface area contributed by atoms with Crippen molar-refractivity contribution in [1.29, 1.82) is 0 Å². The number of fused-ring (bicyclic) bond motifs is 1. The summed E-state index contributed by atoms with van der Waals surface area (Å²) in [6.45, 7) is 6.45. The molecule has 98 valence electrons. The fourth-order valence-electron chi connectivity index (χ4n) is 2.45. The van der Waals surface area contributed by atoms with Gasteiger partial charge in [0.25, 0.3) is 0 Å². The molecular formula is C13H23NO3. The van der Waals surface area contributed by atoms with Crippen LogP contribution in [0.5, 0.6) is 0 Å². The van der Waals surface area contributed by atoms with E-state index >= 15 is 0 Å². The van der Waals surface area contributed by atoms with Crippen LogP contribution in [0.15, 0.2) is 0 Å². The molecule has 0 bridgehead atoms. The maximum absolute atomic E-state index is 11.8. The van der Waals surface area contributed by atoms with Gasteiger partial charge in [0, 0.05) is 13.6 Å². The molecule has 0 aromatic heterocycles. The predicted octanol–water partition coefficient (Wildman–Crippen LogP) is 2.42. The molecule has 3 unspecified atom stereocenters. The van der Waals surface area contributed by atoms with E-state index in [4.69, 9.17) is 9.47 Å². The van der Waals surface area contributed by atoms with Gasteiger partial charge in [-0.05, 0) is 46.0 Å². The van der Waals surface area contributed by atoms with E-state index in [9.17, 15) is 4.79 Å². The summed E-state index contributed by atoms with van der Waals surface area (Å²) >= 11 is 0. The summed E-state index contributed by atoms with van der Waals surface area (Å²) in [6, 6.07) is 0. The highest BCUT2D eigenvalue weighted by Gasteiger charge is 2.44. The lowest BCUT2D eigenvalue weighted by Crippen LogP contribution is -2.37. The maximum atomic E-state index is 11.8. The van der Waals surface area contributed by atoms with Crippen LogP contribution < -0.4 is 0 Å². The van der Waals surface area contributed by atoms with Crippen molar-refractivity contribution in [3.63, 3.8) is 0 Å². The zero-order valence-corrected chi connectivity index (χ0v) is 11.2. The minimum atomic E-state index is -0.414. The van der Waals surface area contributed by atoms with Crippen LogP contribution in [0.2, 0.25) is 0 Å². The van der Waals surface area contributed by atoms with Gasteiger partial charge in [0.05, 0.1) is 12.2 Å². The lowest BCUT2D eigenvalue weighted by atomic mass is 9.89. The number of carbonyl (C=O) groups excluding carboxylic acids is 1. The van der Waals surface area contributed by atoms with Gasteiger partial charge in [0.15, 0.2) is 0 Å². The van der Waals surface area contributed by atoms with Crippen LogP contribution in [-0.2, 0) is 9.47 Å². The molecule has 0 radical (unpaired) electrons. The molecule has 0 N–H and O–H groups in total. The Balaban J connectivity index is 1.75. The molecule has 1 saturated carbocycles. The van der Waals surface area contributed by atoms with E-state index in [2.05, 4.69) is 0 Å². The first-order chi connectivity index (χ1) is 7.85. The number of amides is 1. The van der Waals surface area contributed by atoms with Crippen molar-refractivity contribution in [2.45, 2.75) is 57.8 Å². The van der Waals surface area contributed by atoms with Crippen LogP contribution in [-0.4, -0.2) is 42.4 Å². The fourth-order valence-corrected chi connectivity index (χ4v) is 2.45. The van der Waals surface area contributed by atoms with Crippen LogP contribution in [0.4, 0.5) is 4.79 Å². The maximum Gasteiger partial charge on any atom is 0.410 e. The summed E-state index contributed by atoms with van der Waals surface area (Å²) < 4.78 is 10.8. The number of hydrogen-bond donors (Lipinski definition) is 0. The number of hydrogen-bond acceptors (Lipinski definition) is 3. The van der Waals surface area contributed by atoms with Gasteiger partial charge in [-0.25, -0.2) is 4.79 Å². The molecule has 1 amide bonds. The minimum absolute atomic E-state index is 0.226. The molecule has 4 heteroatoms. The molecule has 2 aliphatic rings. The second-order valence-electron chi connectivity index (χ2n) is 6.25. The summed E-state index contributed by atoms with van der Waals surface area (Å²) in [5.74, 6) is 0.566. The Kier molecular flexibility index (Phi) is 3.34. The largest absolute Gasteiger partial charge is 0.444 e. The van der Waals surface area contributed by atoms with Crippen molar-refractivity contribution >= 4 is 6.09 Å². The molecule has 4 nitrogen and oxygen atoms in total. The molecule has 1 heterocycles. The summed E-state index contributed by atoms with van der Waals surface area (Å²) in [7, 11) is 1.81. The first-order valence-corrected chi connectivity index (χ1v) is 6.45. The van der Waals surface area contributed by atoms with E-state index in [-0.39, 0.29) is 6.09 Å². The van der Waals surface area contributed by atoms with E-state index in [1.54, 1.807) is 4.90 Å². The Morgan fingerprint density at radius 2 is 2.06 bits per heavy atom. The van der Waals surface area contributed by atoms with E-state index in [1.165, 1.54) is 0 Å². The Labute approximate surface area is 103 Å². The SMILES string of the molecule is CN(CC1CCC2OC2C1)C(=O)OC(C)(C)C. The van der Waals surface area contributed by atoms with Crippen molar-refractivity contribution in [3.8, 4) is 0 Å². The molecule has 0 aromatic carbocycles. The molecule has 0 aromatic rings. The smallest absolute Gasteiger partial charge is 0.410 e. The summed E-state index contributed by atoms with van der Waals surface area (Å²) in [5.41, 5.74) is -0.414. The predicted molar refractivity (Wildman–Crippen MR) is 64.9 cm³/mol. The molecule has 1 aliphatic heterocycles. The van der Waals surface area contributed by atoms with Gasteiger partial charge in [0.2, 0.25) is 0 Å². The normalized spacial score (nSPS) is 31.6. The third-order valence-electron chi connectivity index (χ3n) is 3.35. The van der Waals surface area contributed by atoms with Gasteiger partial charge >= 0.3 is 6.09 Å². The molecule has 1 saturated heterocycles. The van der Waals surface area contributed by atoms with Gasteiger partial charge in [0.1, 0.15) is 5.60 Å². The van der Waals surface area contributed by atoms with Gasteiger partial charge in [-0.3, -0.25) is 0 Å². The van der Waals surface area contributed by atoms with Crippen LogP contribution >= 0.6 is 0 Å². The standard InChI is InChI=1S/C13H23NO3/c1-13(2,3)17-12(15)14(4)8-9-5-6-10-11(7-9)16-10/h9-11H,5-8H2,1-4H3. The first-order valence-electron chi connectivity index (χ1n) is 6.45. The Hall–Kier alpha value is -0.770. The van der Waals surface area contributed by atoms with Crippen molar-refractivity contribution in [2.75, 3.05) is 13.6 Å². The van der Waals surface area contributed by atoms with Crippen LogP contribution in [0, 0.1) is 5.92 Å². The lowest BCUT2D eigenvalue weighted by Gasteiger charge is -2.28. The highest BCUT2D eigenvalue weighted by atomic mass is 16.6. The second-order valence-corrected chi connectivity index (χ2v) is 6.25. The van der Waals surface area contributed by atoms with Gasteiger partial charge in [-0.1, -0.05) is 0 Å². The minimum Gasteiger partial charge on any atom is -0.444 e.